The number of fused-ring (bicyclic) bond motifs is 4. The third kappa shape index (κ3) is 4.34. The van der Waals surface area contributed by atoms with Crippen molar-refractivity contribution in [2.24, 2.45) is 17.8 Å². The number of amides is 2. The summed E-state index contributed by atoms with van der Waals surface area (Å²) >= 11 is 0. The van der Waals surface area contributed by atoms with Crippen LogP contribution >= 0.6 is 0 Å². The number of likely N-dealkylation sites (tertiary alicyclic amines) is 1. The molecular weight excluding hydrogens is 368 g/mol. The highest BCUT2D eigenvalue weighted by atomic mass is 16.5. The minimum absolute atomic E-state index is 0.0684. The first-order valence-corrected chi connectivity index (χ1v) is 11.2. The van der Waals surface area contributed by atoms with E-state index < -0.39 is 0 Å². The average molecular weight is 403 g/mol. The highest BCUT2D eigenvalue weighted by Crippen LogP contribution is 2.41. The highest BCUT2D eigenvalue weighted by molar-refractivity contribution is 5.91. The van der Waals surface area contributed by atoms with Crippen LogP contribution in [0.3, 0.4) is 0 Å². The Morgan fingerprint density at radius 2 is 2.14 bits per heavy atom. The van der Waals surface area contributed by atoms with Gasteiger partial charge in [0.1, 0.15) is 0 Å². The standard InChI is InChI=1S/C22H34N4O3/c1-14(2)7-8-25-12-16-10-17(13-25)19(26-18(16)5-4-6-21(26)27)11-23-22(28)20-9-15(3)24-29-20/h9,14,16-19H,4-8,10-13H2,1-3H3,(H,23,28)/t16-,17+,18+,19+/m1/s1. The number of hydrogen-bond donors (Lipinski definition) is 1. The molecular formula is C22H34N4O3. The maximum atomic E-state index is 12.9. The Kier molecular flexibility index (Phi) is 5.95. The molecule has 29 heavy (non-hydrogen) atoms. The van der Waals surface area contributed by atoms with E-state index in [2.05, 4.69) is 34.1 Å². The number of piperidine rings is 3. The van der Waals surface area contributed by atoms with Crippen LogP contribution in [0, 0.1) is 24.7 Å². The first kappa shape index (κ1) is 20.4. The predicted molar refractivity (Wildman–Crippen MR) is 109 cm³/mol. The monoisotopic (exact) mass is 402 g/mol. The van der Waals surface area contributed by atoms with E-state index in [1.807, 2.05) is 0 Å². The fraction of sp³-hybridized carbons (Fsp3) is 0.773. The van der Waals surface area contributed by atoms with E-state index in [-0.39, 0.29) is 23.6 Å². The number of nitrogens with one attached hydrogen (secondary N) is 1. The number of carbonyl (C=O) groups excluding carboxylic acids is 2. The van der Waals surface area contributed by atoms with E-state index in [9.17, 15) is 9.59 Å². The molecule has 4 rings (SSSR count). The van der Waals surface area contributed by atoms with Gasteiger partial charge >= 0.3 is 0 Å². The van der Waals surface area contributed by atoms with Crippen LogP contribution < -0.4 is 5.32 Å². The molecule has 2 bridgehead atoms. The second-order valence-corrected chi connectivity index (χ2v) is 9.57. The lowest BCUT2D eigenvalue weighted by molar-refractivity contribution is -0.152. The van der Waals surface area contributed by atoms with E-state index in [4.69, 9.17) is 4.52 Å². The largest absolute Gasteiger partial charge is 0.351 e. The SMILES string of the molecule is Cc1cc(C(=O)NC[C@H]2[C@H]3C[C@H](CN(CCC(C)C)C3)[C@@H]3CCCC(=O)N32)on1. The highest BCUT2D eigenvalue weighted by Gasteiger charge is 2.49. The number of aromatic nitrogens is 1. The molecule has 0 spiro atoms. The van der Waals surface area contributed by atoms with Gasteiger partial charge in [-0.1, -0.05) is 19.0 Å². The maximum absolute atomic E-state index is 12.9. The Hall–Kier alpha value is -1.89. The van der Waals surface area contributed by atoms with Gasteiger partial charge in [-0.15, -0.1) is 0 Å². The topological polar surface area (TPSA) is 78.7 Å². The van der Waals surface area contributed by atoms with Crippen LogP contribution in [0.1, 0.15) is 62.2 Å². The molecule has 0 aromatic carbocycles. The molecule has 0 unspecified atom stereocenters. The van der Waals surface area contributed by atoms with Gasteiger partial charge in [-0.3, -0.25) is 9.59 Å². The molecule has 3 aliphatic rings. The Labute approximate surface area is 173 Å². The number of aryl methyl sites for hydroxylation is 1. The summed E-state index contributed by atoms with van der Waals surface area (Å²) in [5.41, 5.74) is 0.690. The molecule has 4 heterocycles. The molecule has 1 aromatic heterocycles. The van der Waals surface area contributed by atoms with Crippen molar-refractivity contribution >= 4 is 11.8 Å². The molecule has 0 saturated carbocycles. The molecule has 2 amide bonds. The molecule has 7 heteroatoms. The van der Waals surface area contributed by atoms with Crippen LogP contribution in [-0.4, -0.2) is 65.0 Å². The molecule has 0 radical (unpaired) electrons. The summed E-state index contributed by atoms with van der Waals surface area (Å²) in [6.45, 7) is 10.1. The number of nitrogens with zero attached hydrogens (tertiary/aromatic N) is 3. The van der Waals surface area contributed by atoms with Crippen molar-refractivity contribution in [2.45, 2.75) is 65.0 Å². The number of rotatable bonds is 6. The third-order valence-corrected chi connectivity index (χ3v) is 6.92. The smallest absolute Gasteiger partial charge is 0.289 e. The first-order valence-electron chi connectivity index (χ1n) is 11.2. The van der Waals surface area contributed by atoms with Crippen molar-refractivity contribution in [3.8, 4) is 0 Å². The molecule has 3 fully saturated rings. The zero-order valence-corrected chi connectivity index (χ0v) is 17.9. The Morgan fingerprint density at radius 1 is 1.34 bits per heavy atom. The van der Waals surface area contributed by atoms with Gasteiger partial charge in [0, 0.05) is 38.2 Å². The molecule has 3 saturated heterocycles. The van der Waals surface area contributed by atoms with Gasteiger partial charge in [-0.25, -0.2) is 0 Å². The predicted octanol–water partition coefficient (Wildman–Crippen LogP) is 2.46. The number of hydrogen-bond acceptors (Lipinski definition) is 5. The van der Waals surface area contributed by atoms with Crippen molar-refractivity contribution in [3.63, 3.8) is 0 Å². The molecule has 160 valence electrons. The van der Waals surface area contributed by atoms with Gasteiger partial charge < -0.3 is 19.6 Å². The summed E-state index contributed by atoms with van der Waals surface area (Å²) in [6.07, 6.45) is 5.09. The Morgan fingerprint density at radius 3 is 2.86 bits per heavy atom. The minimum atomic E-state index is -0.249. The van der Waals surface area contributed by atoms with Crippen molar-refractivity contribution in [1.29, 1.82) is 0 Å². The quantitative estimate of drug-likeness (QED) is 0.791. The maximum Gasteiger partial charge on any atom is 0.289 e. The summed E-state index contributed by atoms with van der Waals surface area (Å²) in [5, 5.41) is 6.82. The second kappa shape index (κ2) is 8.46. The molecule has 1 N–H and O–H groups in total. The lowest BCUT2D eigenvalue weighted by Gasteiger charge is -2.56. The van der Waals surface area contributed by atoms with Crippen LogP contribution in [-0.2, 0) is 4.79 Å². The van der Waals surface area contributed by atoms with Crippen molar-refractivity contribution in [2.75, 3.05) is 26.2 Å². The summed E-state index contributed by atoms with van der Waals surface area (Å²) in [4.78, 5) is 30.1. The van der Waals surface area contributed by atoms with Gasteiger partial charge in [-0.05, 0) is 56.9 Å². The molecule has 0 aliphatic carbocycles. The first-order chi connectivity index (χ1) is 13.9. The van der Waals surface area contributed by atoms with Crippen molar-refractivity contribution in [1.82, 2.24) is 20.3 Å². The van der Waals surface area contributed by atoms with E-state index in [0.29, 0.717) is 42.5 Å². The van der Waals surface area contributed by atoms with E-state index >= 15 is 0 Å². The van der Waals surface area contributed by atoms with E-state index in [1.165, 1.54) is 6.42 Å². The van der Waals surface area contributed by atoms with Gasteiger partial charge in [0.15, 0.2) is 0 Å². The van der Waals surface area contributed by atoms with Crippen molar-refractivity contribution in [3.05, 3.63) is 17.5 Å². The van der Waals surface area contributed by atoms with Crippen molar-refractivity contribution < 1.29 is 14.1 Å². The normalized spacial score (nSPS) is 29.8. The van der Waals surface area contributed by atoms with E-state index in [1.54, 1.807) is 13.0 Å². The Balaban J connectivity index is 1.48. The van der Waals surface area contributed by atoms with Gasteiger partial charge in [0.2, 0.25) is 11.7 Å². The third-order valence-electron chi connectivity index (χ3n) is 6.92. The summed E-state index contributed by atoms with van der Waals surface area (Å²) in [7, 11) is 0. The Bertz CT molecular complexity index is 746. The lowest BCUT2D eigenvalue weighted by Crippen LogP contribution is -2.67. The number of carbonyl (C=O) groups is 2. The fourth-order valence-corrected chi connectivity index (χ4v) is 5.51. The summed E-state index contributed by atoms with van der Waals surface area (Å²) in [5.74, 6) is 1.93. The van der Waals surface area contributed by atoms with Gasteiger partial charge in [-0.2, -0.15) is 0 Å². The van der Waals surface area contributed by atoms with Crippen LogP contribution in [0.4, 0.5) is 0 Å². The zero-order chi connectivity index (χ0) is 20.5. The van der Waals surface area contributed by atoms with Crippen LogP contribution in [0.2, 0.25) is 0 Å². The second-order valence-electron chi connectivity index (χ2n) is 9.57. The van der Waals surface area contributed by atoms with Crippen LogP contribution in [0.25, 0.3) is 0 Å². The molecule has 4 atom stereocenters. The summed E-state index contributed by atoms with van der Waals surface area (Å²) in [6, 6.07) is 2.04. The molecule has 1 aromatic rings. The zero-order valence-electron chi connectivity index (χ0n) is 17.9. The average Bonchev–Trinajstić information content (AvgIpc) is 3.13. The van der Waals surface area contributed by atoms with Crippen LogP contribution in [0.15, 0.2) is 10.6 Å². The molecule has 3 aliphatic heterocycles. The van der Waals surface area contributed by atoms with Gasteiger partial charge in [0.25, 0.3) is 5.91 Å². The van der Waals surface area contributed by atoms with Crippen LogP contribution in [0.5, 0.6) is 0 Å². The van der Waals surface area contributed by atoms with E-state index in [0.717, 1.165) is 38.9 Å². The summed E-state index contributed by atoms with van der Waals surface area (Å²) < 4.78 is 5.10. The molecule has 7 nitrogen and oxygen atoms in total. The fourth-order valence-electron chi connectivity index (χ4n) is 5.51. The lowest BCUT2D eigenvalue weighted by atomic mass is 9.72. The minimum Gasteiger partial charge on any atom is -0.351 e. The van der Waals surface area contributed by atoms with Gasteiger partial charge in [0.05, 0.1) is 11.7 Å².